The van der Waals surface area contributed by atoms with Crippen LogP contribution in [-0.4, -0.2) is 153 Å². The summed E-state index contributed by atoms with van der Waals surface area (Å²) in [6.45, 7) is -3.02. The fourth-order valence-electron chi connectivity index (χ4n) is 3.23. The van der Waals surface area contributed by atoms with E-state index in [1.54, 1.807) is 0 Å². The minimum Gasteiger partial charge on any atom is -0.480 e. The molecule has 0 aromatic heterocycles. The molecule has 18 nitrogen and oxygen atoms in total. The first-order valence-electron chi connectivity index (χ1n) is 11.3. The number of nitrogens with one attached hydrogen (secondary N) is 1. The normalized spacial score (nSPS) is 11.8. The fourth-order valence-corrected chi connectivity index (χ4v) is 3.23. The number of carbonyl (C=O) groups is 6. The summed E-state index contributed by atoms with van der Waals surface area (Å²) >= 11 is 0. The molecule has 0 aliphatic heterocycles. The van der Waals surface area contributed by atoms with Crippen molar-refractivity contribution in [3.8, 4) is 0 Å². The molecule has 0 bridgehead atoms. The molecule has 216 valence electrons. The van der Waals surface area contributed by atoms with Crippen molar-refractivity contribution < 1.29 is 54.3 Å². The van der Waals surface area contributed by atoms with Gasteiger partial charge < -0.3 is 42.3 Å². The van der Waals surface area contributed by atoms with E-state index in [0.717, 1.165) is 9.80 Å². The van der Waals surface area contributed by atoms with Crippen LogP contribution in [0.5, 0.6) is 0 Å². The van der Waals surface area contributed by atoms with E-state index in [1.807, 2.05) is 0 Å². The molecular formula is C20H35N7O11. The predicted molar refractivity (Wildman–Crippen MR) is 129 cm³/mol. The summed E-state index contributed by atoms with van der Waals surface area (Å²) in [6.07, 6.45) is 0.255. The number of hydrogen-bond donors (Lipinski definition) is 8. The van der Waals surface area contributed by atoms with E-state index in [0.29, 0.717) is 0 Å². The molecular weight excluding hydrogens is 514 g/mol. The molecule has 18 heteroatoms. The van der Waals surface area contributed by atoms with Crippen molar-refractivity contribution in [3.63, 3.8) is 0 Å². The third kappa shape index (κ3) is 18.3. The Labute approximate surface area is 217 Å². The van der Waals surface area contributed by atoms with Crippen LogP contribution in [0.3, 0.4) is 0 Å². The molecule has 0 saturated carbocycles. The Morgan fingerprint density at radius 1 is 0.658 bits per heavy atom. The Morgan fingerprint density at radius 3 is 1.45 bits per heavy atom. The topological polar surface area (TPSA) is 290 Å². The maximum atomic E-state index is 12.4. The number of aliphatic carboxylic acids is 5. The second kappa shape index (κ2) is 18.3. The monoisotopic (exact) mass is 549 g/mol. The highest BCUT2D eigenvalue weighted by molar-refractivity contribution is 5.85. The number of carbonyl (C=O) groups excluding carboxylic acids is 1. The largest absolute Gasteiger partial charge is 0.480 e. The van der Waals surface area contributed by atoms with Gasteiger partial charge in [-0.2, -0.15) is 0 Å². The zero-order valence-corrected chi connectivity index (χ0v) is 20.7. The van der Waals surface area contributed by atoms with E-state index in [4.69, 9.17) is 21.7 Å². The Kier molecular flexibility index (Phi) is 16.3. The van der Waals surface area contributed by atoms with Crippen LogP contribution in [0.15, 0.2) is 4.99 Å². The lowest BCUT2D eigenvalue weighted by molar-refractivity contribution is -0.143. The van der Waals surface area contributed by atoms with Crippen LogP contribution in [0.25, 0.3) is 0 Å². The van der Waals surface area contributed by atoms with Crippen molar-refractivity contribution in [2.24, 2.45) is 16.5 Å². The number of rotatable bonds is 22. The molecule has 0 spiro atoms. The number of amides is 1. The molecule has 0 radical (unpaired) electrons. The quantitative estimate of drug-likeness (QED) is 0.0361. The minimum atomic E-state index is -1.31. The van der Waals surface area contributed by atoms with Gasteiger partial charge in [0.15, 0.2) is 5.96 Å². The third-order valence-electron chi connectivity index (χ3n) is 4.85. The van der Waals surface area contributed by atoms with Gasteiger partial charge in [-0.25, -0.2) is 4.79 Å². The molecule has 10 N–H and O–H groups in total. The van der Waals surface area contributed by atoms with E-state index in [1.165, 1.54) is 4.90 Å². The van der Waals surface area contributed by atoms with Crippen molar-refractivity contribution in [1.29, 1.82) is 0 Å². The summed E-state index contributed by atoms with van der Waals surface area (Å²) in [4.78, 5) is 75.6. The first-order chi connectivity index (χ1) is 17.7. The van der Waals surface area contributed by atoms with Gasteiger partial charge in [0.25, 0.3) is 0 Å². The van der Waals surface area contributed by atoms with Gasteiger partial charge in [0, 0.05) is 32.7 Å². The summed E-state index contributed by atoms with van der Waals surface area (Å²) in [5.41, 5.74) is 10.4. The van der Waals surface area contributed by atoms with Crippen molar-refractivity contribution in [2.45, 2.75) is 18.9 Å². The average molecular weight is 550 g/mol. The van der Waals surface area contributed by atoms with Gasteiger partial charge in [-0.1, -0.05) is 0 Å². The number of nitrogens with zero attached hydrogens (tertiary/aromatic N) is 4. The van der Waals surface area contributed by atoms with Crippen LogP contribution in [0.2, 0.25) is 0 Å². The van der Waals surface area contributed by atoms with Gasteiger partial charge >= 0.3 is 29.8 Å². The van der Waals surface area contributed by atoms with Gasteiger partial charge in [0.05, 0.1) is 32.7 Å². The second-order valence-electron chi connectivity index (χ2n) is 8.18. The minimum absolute atomic E-state index is 0.00631. The molecule has 0 rings (SSSR count). The number of nitrogens with two attached hydrogens (primary N) is 2. The van der Waals surface area contributed by atoms with E-state index in [2.05, 4.69) is 10.3 Å². The first kappa shape index (κ1) is 34.0. The van der Waals surface area contributed by atoms with Gasteiger partial charge in [-0.15, -0.1) is 0 Å². The smallest absolute Gasteiger partial charge is 0.326 e. The molecule has 1 atom stereocenters. The highest BCUT2D eigenvalue weighted by Gasteiger charge is 2.23. The lowest BCUT2D eigenvalue weighted by atomic mass is 10.1. The summed E-state index contributed by atoms with van der Waals surface area (Å²) in [6, 6.07) is -1.28. The summed E-state index contributed by atoms with van der Waals surface area (Å²) in [7, 11) is 0. The van der Waals surface area contributed by atoms with Crippen molar-refractivity contribution >= 4 is 41.7 Å². The first-order valence-corrected chi connectivity index (χ1v) is 11.3. The molecule has 0 aliphatic rings. The van der Waals surface area contributed by atoms with E-state index < -0.39 is 74.5 Å². The van der Waals surface area contributed by atoms with Gasteiger partial charge in [0.2, 0.25) is 5.91 Å². The summed E-state index contributed by atoms with van der Waals surface area (Å²) in [5.74, 6) is -7.33. The maximum absolute atomic E-state index is 12.4. The number of carboxylic acids is 5. The zero-order valence-electron chi connectivity index (χ0n) is 20.7. The number of carboxylic acid groups (broad SMARTS) is 5. The van der Waals surface area contributed by atoms with Gasteiger partial charge in [0.1, 0.15) is 6.04 Å². The Balaban J connectivity index is 5.18. The fraction of sp³-hybridized carbons (Fsp3) is 0.650. The number of hydrogen-bond acceptors (Lipinski definition) is 10. The highest BCUT2D eigenvalue weighted by atomic mass is 16.4. The predicted octanol–water partition coefficient (Wildman–Crippen LogP) is -4.15. The maximum Gasteiger partial charge on any atom is 0.326 e. The Bertz CT molecular complexity index is 848. The van der Waals surface area contributed by atoms with Crippen LogP contribution < -0.4 is 16.8 Å². The molecule has 38 heavy (non-hydrogen) atoms. The molecule has 1 unspecified atom stereocenters. The summed E-state index contributed by atoms with van der Waals surface area (Å²) < 4.78 is 0. The van der Waals surface area contributed by atoms with E-state index in [-0.39, 0.29) is 51.5 Å². The van der Waals surface area contributed by atoms with Crippen LogP contribution in [0, 0.1) is 0 Å². The van der Waals surface area contributed by atoms with Crippen molar-refractivity contribution in [1.82, 2.24) is 20.0 Å². The standard InChI is InChI=1S/C20H35N7O11/c21-20(22)23-3-1-2-13(19(37)38)24-14(28)8-26(10-16(31)32)6-4-25(9-15(29)30)5-7-27(11-17(33)34)12-18(35)36/h13H,1-12H2,(H,24,28)(H,29,30)(H,31,32)(H,33,34)(H,35,36)(H,37,38)(H4,21,22,23). The third-order valence-corrected chi connectivity index (χ3v) is 4.85. The van der Waals surface area contributed by atoms with Crippen LogP contribution in [-0.2, 0) is 28.8 Å². The van der Waals surface area contributed by atoms with Crippen LogP contribution in [0.1, 0.15) is 12.8 Å². The lowest BCUT2D eigenvalue weighted by Crippen LogP contribution is -2.49. The second-order valence-corrected chi connectivity index (χ2v) is 8.18. The van der Waals surface area contributed by atoms with Crippen molar-refractivity contribution in [3.05, 3.63) is 0 Å². The number of aliphatic imine (C=N–C) groups is 1. The van der Waals surface area contributed by atoms with Crippen LogP contribution >= 0.6 is 0 Å². The van der Waals surface area contributed by atoms with E-state index in [9.17, 15) is 44.1 Å². The lowest BCUT2D eigenvalue weighted by Gasteiger charge is -2.27. The molecule has 0 heterocycles. The molecule has 0 saturated heterocycles. The summed E-state index contributed by atoms with van der Waals surface area (Å²) in [5, 5.41) is 47.9. The Morgan fingerprint density at radius 2 is 1.05 bits per heavy atom. The van der Waals surface area contributed by atoms with Gasteiger partial charge in [-0.05, 0) is 12.8 Å². The number of guanidine groups is 1. The van der Waals surface area contributed by atoms with Gasteiger partial charge in [-0.3, -0.25) is 43.7 Å². The van der Waals surface area contributed by atoms with Crippen molar-refractivity contribution in [2.75, 3.05) is 65.4 Å². The van der Waals surface area contributed by atoms with E-state index >= 15 is 0 Å². The molecule has 0 aromatic carbocycles. The molecule has 0 fully saturated rings. The average Bonchev–Trinajstić information content (AvgIpc) is 2.75. The molecule has 1 amide bonds. The SMILES string of the molecule is NC(N)=NCCCC(NC(=O)CN(CCN(CCN(CC(=O)O)CC(=O)O)CC(=O)O)CC(=O)O)C(=O)O. The highest BCUT2D eigenvalue weighted by Crippen LogP contribution is 2.01. The Hall–Kier alpha value is -4.03. The van der Waals surface area contributed by atoms with Crippen LogP contribution in [0.4, 0.5) is 0 Å². The molecule has 0 aliphatic carbocycles. The molecule has 0 aromatic rings. The zero-order chi connectivity index (χ0) is 29.3.